The minimum Gasteiger partial charge on any atom is -0.330 e. The number of halogens is 1. The first-order valence-electron chi connectivity index (χ1n) is 5.08. The van der Waals surface area contributed by atoms with Crippen molar-refractivity contribution < 1.29 is 9.31 Å². The topological polar surface area (TPSA) is 94.9 Å². The van der Waals surface area contributed by atoms with Gasteiger partial charge in [0.2, 0.25) is 0 Å². The Labute approximate surface area is 105 Å². The number of hydrogen-bond donors (Lipinski definition) is 1. The maximum Gasteiger partial charge on any atom is 0.282 e. The van der Waals surface area contributed by atoms with E-state index in [1.807, 2.05) is 0 Å². The van der Waals surface area contributed by atoms with Gasteiger partial charge in [-0.15, -0.1) is 10.2 Å². The SMILES string of the molecule is NCCc1nnc(-c2ccc(F)cc2[N+](=O)[O-])s1. The molecular weight excluding hydrogens is 259 g/mol. The molecule has 0 amide bonds. The first-order valence-corrected chi connectivity index (χ1v) is 5.90. The molecule has 0 spiro atoms. The van der Waals surface area contributed by atoms with Crippen LogP contribution in [-0.4, -0.2) is 21.7 Å². The Balaban J connectivity index is 2.45. The fraction of sp³-hybridized carbons (Fsp3) is 0.200. The van der Waals surface area contributed by atoms with E-state index in [1.165, 1.54) is 17.4 Å². The van der Waals surface area contributed by atoms with Gasteiger partial charge in [-0.05, 0) is 18.7 Å². The molecule has 0 unspecified atom stereocenters. The largest absolute Gasteiger partial charge is 0.330 e. The van der Waals surface area contributed by atoms with E-state index in [1.54, 1.807) is 0 Å². The summed E-state index contributed by atoms with van der Waals surface area (Å²) in [5, 5.41) is 19.7. The summed E-state index contributed by atoms with van der Waals surface area (Å²) in [5.74, 6) is -0.655. The Bertz CT molecular complexity index is 587. The third kappa shape index (κ3) is 2.49. The van der Waals surface area contributed by atoms with Gasteiger partial charge in [-0.25, -0.2) is 4.39 Å². The Kier molecular flexibility index (Phi) is 3.58. The zero-order chi connectivity index (χ0) is 13.1. The average molecular weight is 268 g/mol. The molecule has 2 rings (SSSR count). The van der Waals surface area contributed by atoms with Crippen molar-refractivity contribution in [1.82, 2.24) is 10.2 Å². The maximum absolute atomic E-state index is 13.0. The third-order valence-corrected chi connectivity index (χ3v) is 3.23. The van der Waals surface area contributed by atoms with Gasteiger partial charge < -0.3 is 5.73 Å². The first kappa shape index (κ1) is 12.5. The molecule has 0 aliphatic carbocycles. The van der Waals surface area contributed by atoms with Crippen LogP contribution in [0.4, 0.5) is 10.1 Å². The van der Waals surface area contributed by atoms with E-state index in [9.17, 15) is 14.5 Å². The molecule has 1 aromatic heterocycles. The third-order valence-electron chi connectivity index (χ3n) is 2.21. The van der Waals surface area contributed by atoms with E-state index >= 15 is 0 Å². The van der Waals surface area contributed by atoms with Gasteiger partial charge in [0, 0.05) is 6.42 Å². The number of aromatic nitrogens is 2. The van der Waals surface area contributed by atoms with Crippen molar-refractivity contribution in [3.63, 3.8) is 0 Å². The highest BCUT2D eigenvalue weighted by Gasteiger charge is 2.19. The number of nitro groups is 1. The van der Waals surface area contributed by atoms with Gasteiger partial charge in [-0.1, -0.05) is 11.3 Å². The van der Waals surface area contributed by atoms with Crippen LogP contribution in [0.3, 0.4) is 0 Å². The van der Waals surface area contributed by atoms with Gasteiger partial charge in [0.05, 0.1) is 16.6 Å². The van der Waals surface area contributed by atoms with Gasteiger partial charge in [-0.3, -0.25) is 10.1 Å². The maximum atomic E-state index is 13.0. The molecule has 18 heavy (non-hydrogen) atoms. The second kappa shape index (κ2) is 5.15. The van der Waals surface area contributed by atoms with E-state index in [0.717, 1.165) is 12.1 Å². The lowest BCUT2D eigenvalue weighted by atomic mass is 10.2. The number of hydrogen-bond acceptors (Lipinski definition) is 6. The van der Waals surface area contributed by atoms with Crippen molar-refractivity contribution in [3.8, 4) is 10.6 Å². The quantitative estimate of drug-likeness (QED) is 0.673. The molecule has 1 aromatic carbocycles. The number of nitrogens with zero attached hydrogens (tertiary/aromatic N) is 3. The van der Waals surface area contributed by atoms with Gasteiger partial charge >= 0.3 is 0 Å². The molecule has 0 saturated carbocycles. The fourth-order valence-corrected chi connectivity index (χ4v) is 2.31. The minimum atomic E-state index is -0.655. The van der Waals surface area contributed by atoms with Crippen LogP contribution in [0.5, 0.6) is 0 Å². The summed E-state index contributed by atoms with van der Waals surface area (Å²) < 4.78 is 13.0. The monoisotopic (exact) mass is 268 g/mol. The van der Waals surface area contributed by atoms with Crippen LogP contribution in [0.1, 0.15) is 5.01 Å². The van der Waals surface area contributed by atoms with Crippen LogP contribution in [0.2, 0.25) is 0 Å². The summed E-state index contributed by atoms with van der Waals surface area (Å²) in [5.41, 5.74) is 5.34. The van der Waals surface area contributed by atoms with Crippen LogP contribution in [0, 0.1) is 15.9 Å². The van der Waals surface area contributed by atoms with Crippen molar-refractivity contribution in [2.75, 3.05) is 6.54 Å². The molecule has 0 aliphatic rings. The molecule has 0 radical (unpaired) electrons. The molecule has 0 bridgehead atoms. The lowest BCUT2D eigenvalue weighted by molar-refractivity contribution is -0.384. The van der Waals surface area contributed by atoms with Crippen LogP contribution in [0.15, 0.2) is 18.2 Å². The van der Waals surface area contributed by atoms with Gasteiger partial charge in [0.25, 0.3) is 5.69 Å². The molecule has 2 aromatic rings. The summed E-state index contributed by atoms with van der Waals surface area (Å²) in [6.07, 6.45) is 0.562. The van der Waals surface area contributed by atoms with E-state index in [2.05, 4.69) is 10.2 Å². The Hall–Kier alpha value is -1.93. The van der Waals surface area contributed by atoms with E-state index in [-0.39, 0.29) is 11.3 Å². The van der Waals surface area contributed by atoms with Crippen molar-refractivity contribution in [2.45, 2.75) is 6.42 Å². The molecule has 0 fully saturated rings. The second-order valence-corrected chi connectivity index (χ2v) is 4.52. The lowest BCUT2D eigenvalue weighted by Crippen LogP contribution is -2.01. The van der Waals surface area contributed by atoms with Crippen molar-refractivity contribution in [2.24, 2.45) is 5.73 Å². The van der Waals surface area contributed by atoms with Gasteiger partial charge in [0.1, 0.15) is 10.8 Å². The number of rotatable bonds is 4. The van der Waals surface area contributed by atoms with Crippen LogP contribution in [-0.2, 0) is 6.42 Å². The van der Waals surface area contributed by atoms with E-state index < -0.39 is 10.7 Å². The summed E-state index contributed by atoms with van der Waals surface area (Å²) in [6, 6.07) is 3.37. The molecule has 2 N–H and O–H groups in total. The zero-order valence-electron chi connectivity index (χ0n) is 9.17. The zero-order valence-corrected chi connectivity index (χ0v) is 9.98. The fourth-order valence-electron chi connectivity index (χ4n) is 1.42. The highest BCUT2D eigenvalue weighted by molar-refractivity contribution is 7.14. The number of benzene rings is 1. The first-order chi connectivity index (χ1) is 8.61. The van der Waals surface area contributed by atoms with Crippen LogP contribution < -0.4 is 5.73 Å². The highest BCUT2D eigenvalue weighted by Crippen LogP contribution is 2.32. The van der Waals surface area contributed by atoms with Crippen molar-refractivity contribution >= 4 is 17.0 Å². The molecule has 6 nitrogen and oxygen atoms in total. The average Bonchev–Trinajstić information content (AvgIpc) is 2.78. The number of nitro benzene ring substituents is 1. The summed E-state index contributed by atoms with van der Waals surface area (Å²) in [6.45, 7) is 0.431. The van der Waals surface area contributed by atoms with E-state index in [0.29, 0.717) is 23.0 Å². The molecule has 8 heteroatoms. The molecule has 0 atom stereocenters. The molecular formula is C10H9FN4O2S. The standard InChI is InChI=1S/C10H9FN4O2S/c11-6-1-2-7(8(5-6)15(16)17)10-14-13-9(18-10)3-4-12/h1-2,5H,3-4,12H2. The molecule has 1 heterocycles. The predicted octanol–water partition coefficient (Wildman–Crippen LogP) is 1.75. The second-order valence-electron chi connectivity index (χ2n) is 3.46. The molecule has 0 aliphatic heterocycles. The van der Waals surface area contributed by atoms with Crippen molar-refractivity contribution in [3.05, 3.63) is 39.1 Å². The summed E-state index contributed by atoms with van der Waals surface area (Å²) >= 11 is 1.22. The Morgan fingerprint density at radius 3 is 2.89 bits per heavy atom. The highest BCUT2D eigenvalue weighted by atomic mass is 32.1. The Morgan fingerprint density at radius 2 is 2.22 bits per heavy atom. The van der Waals surface area contributed by atoms with E-state index in [4.69, 9.17) is 5.73 Å². The minimum absolute atomic E-state index is 0.266. The smallest absolute Gasteiger partial charge is 0.282 e. The summed E-state index contributed by atoms with van der Waals surface area (Å²) in [4.78, 5) is 10.2. The molecule has 94 valence electrons. The van der Waals surface area contributed by atoms with Gasteiger partial charge in [-0.2, -0.15) is 0 Å². The summed E-state index contributed by atoms with van der Waals surface area (Å²) in [7, 11) is 0. The molecule has 0 saturated heterocycles. The van der Waals surface area contributed by atoms with Crippen LogP contribution in [0.25, 0.3) is 10.6 Å². The van der Waals surface area contributed by atoms with Crippen LogP contribution >= 0.6 is 11.3 Å². The van der Waals surface area contributed by atoms with Gasteiger partial charge in [0.15, 0.2) is 5.01 Å². The van der Waals surface area contributed by atoms with Crippen molar-refractivity contribution in [1.29, 1.82) is 0 Å². The number of nitrogens with two attached hydrogens (primary N) is 1. The lowest BCUT2D eigenvalue weighted by Gasteiger charge is -1.98. The predicted molar refractivity (Wildman–Crippen MR) is 64.7 cm³/mol. The normalized spacial score (nSPS) is 10.6. The Morgan fingerprint density at radius 1 is 1.44 bits per heavy atom.